The molecule has 1 fully saturated rings. The van der Waals surface area contributed by atoms with E-state index in [4.69, 9.17) is 0 Å². The standard InChI is InChI=1S/C18H33N2O2.2CH3.Ti/c1-5-9-16(21)19-14-11-15(20-17(22)10-6-2)13-18(7-3,8-4)12-14;;;/h14H,5-13H2,1-4H3,(H,19,21)(H,20,22);2*1H3;. The number of nitrogens with one attached hydrogen (secondary N) is 2. The first kappa shape index (κ1) is 22.7. The van der Waals surface area contributed by atoms with Crippen LogP contribution in [0.5, 0.6) is 0 Å². The first-order valence-corrected chi connectivity index (χ1v) is 14.1. The summed E-state index contributed by atoms with van der Waals surface area (Å²) in [6.45, 7) is 8.63. The van der Waals surface area contributed by atoms with Crippen molar-refractivity contribution >= 4 is 11.8 Å². The van der Waals surface area contributed by atoms with Crippen LogP contribution in [0, 0.1) is 5.41 Å². The zero-order chi connectivity index (χ0) is 19.1. The molecule has 25 heavy (non-hydrogen) atoms. The minimum atomic E-state index is -1.46. The molecule has 1 aliphatic carbocycles. The molecular weight excluding hydrogens is 348 g/mol. The Kier molecular flexibility index (Phi) is 9.18. The topological polar surface area (TPSA) is 58.2 Å². The van der Waals surface area contributed by atoms with Crippen LogP contribution in [-0.4, -0.2) is 21.7 Å². The molecule has 2 N–H and O–H groups in total. The van der Waals surface area contributed by atoms with Crippen molar-refractivity contribution in [3.05, 3.63) is 0 Å². The maximum absolute atomic E-state index is 12.5. The summed E-state index contributed by atoms with van der Waals surface area (Å²) in [6, 6.07) is 0.192. The van der Waals surface area contributed by atoms with Crippen LogP contribution in [0.15, 0.2) is 0 Å². The zero-order valence-corrected chi connectivity index (χ0v) is 18.8. The van der Waals surface area contributed by atoms with Crippen LogP contribution in [0.1, 0.15) is 85.5 Å². The Hall–Kier alpha value is -0.346. The van der Waals surface area contributed by atoms with Crippen molar-refractivity contribution in [2.45, 2.75) is 106 Å². The van der Waals surface area contributed by atoms with E-state index >= 15 is 0 Å². The fourth-order valence-corrected chi connectivity index (χ4v) is 7.14. The summed E-state index contributed by atoms with van der Waals surface area (Å²) in [5, 5.41) is 11.5. The monoisotopic (exact) mass is 387 g/mol. The minimum absolute atomic E-state index is 0.0549. The van der Waals surface area contributed by atoms with Crippen LogP contribution in [0.4, 0.5) is 0 Å². The van der Waals surface area contributed by atoms with Gasteiger partial charge in [-0.15, -0.1) is 0 Å². The second-order valence-corrected chi connectivity index (χ2v) is 12.8. The average Bonchev–Trinajstić information content (AvgIpc) is 2.54. The van der Waals surface area contributed by atoms with Crippen molar-refractivity contribution in [2.75, 3.05) is 0 Å². The van der Waals surface area contributed by atoms with Gasteiger partial charge < -0.3 is 0 Å². The molecule has 4 nitrogen and oxygen atoms in total. The molecule has 0 heterocycles. The molecule has 0 spiro atoms. The van der Waals surface area contributed by atoms with Gasteiger partial charge in [-0.2, -0.15) is 0 Å². The van der Waals surface area contributed by atoms with Gasteiger partial charge in [0.05, 0.1) is 0 Å². The first-order chi connectivity index (χ1) is 11.8. The molecule has 2 amide bonds. The Morgan fingerprint density at radius 3 is 2.00 bits per heavy atom. The van der Waals surface area contributed by atoms with Crippen LogP contribution in [-0.2, 0) is 27.5 Å². The van der Waals surface area contributed by atoms with Gasteiger partial charge in [0, 0.05) is 0 Å². The van der Waals surface area contributed by atoms with Gasteiger partial charge in [0.2, 0.25) is 0 Å². The predicted molar refractivity (Wildman–Crippen MR) is 101 cm³/mol. The van der Waals surface area contributed by atoms with E-state index in [1.807, 2.05) is 6.92 Å². The normalized spacial score (nSPS) is 25.3. The zero-order valence-electron chi connectivity index (χ0n) is 17.3. The fourth-order valence-electron chi connectivity index (χ4n) is 4.38. The number of carbonyl (C=O) groups is 2. The maximum atomic E-state index is 12.5. The molecule has 1 aliphatic rings. The van der Waals surface area contributed by atoms with Crippen LogP contribution in [0.2, 0.25) is 10.5 Å². The van der Waals surface area contributed by atoms with E-state index in [2.05, 4.69) is 41.9 Å². The van der Waals surface area contributed by atoms with E-state index in [-0.39, 0.29) is 27.1 Å². The number of hydrogen-bond acceptors (Lipinski definition) is 2. The first-order valence-electron chi connectivity index (χ1n) is 10.2. The molecule has 0 aromatic rings. The van der Waals surface area contributed by atoms with Crippen molar-refractivity contribution in [1.82, 2.24) is 10.6 Å². The van der Waals surface area contributed by atoms with Crippen molar-refractivity contribution < 1.29 is 27.5 Å². The van der Waals surface area contributed by atoms with E-state index in [1.54, 1.807) is 0 Å². The van der Waals surface area contributed by atoms with Gasteiger partial charge in [0.1, 0.15) is 0 Å². The number of carbonyl (C=O) groups excluding carboxylic acids is 2. The molecule has 1 rings (SSSR count). The van der Waals surface area contributed by atoms with Gasteiger partial charge in [-0.05, 0) is 0 Å². The molecule has 145 valence electrons. The molecular formula is C20H39N2O2Ti. The van der Waals surface area contributed by atoms with Crippen LogP contribution < -0.4 is 10.6 Å². The molecule has 0 aromatic heterocycles. The number of amides is 2. The Morgan fingerprint density at radius 2 is 1.52 bits per heavy atom. The van der Waals surface area contributed by atoms with Gasteiger partial charge in [0.25, 0.3) is 0 Å². The van der Waals surface area contributed by atoms with Crippen molar-refractivity contribution in [2.24, 2.45) is 5.41 Å². The van der Waals surface area contributed by atoms with Gasteiger partial charge in [0.15, 0.2) is 0 Å². The van der Waals surface area contributed by atoms with E-state index in [9.17, 15) is 9.59 Å². The molecule has 0 aromatic carbocycles. The van der Waals surface area contributed by atoms with Gasteiger partial charge in [-0.25, -0.2) is 0 Å². The predicted octanol–water partition coefficient (Wildman–Crippen LogP) is 4.59. The van der Waals surface area contributed by atoms with E-state index in [0.717, 1.165) is 44.9 Å². The molecule has 0 radical (unpaired) electrons. The fraction of sp³-hybridized carbons (Fsp3) is 0.900. The summed E-state index contributed by atoms with van der Waals surface area (Å²) >= 11 is -1.46. The molecule has 2 atom stereocenters. The Morgan fingerprint density at radius 1 is 0.960 bits per heavy atom. The van der Waals surface area contributed by atoms with E-state index < -0.39 is 17.9 Å². The van der Waals surface area contributed by atoms with E-state index in [1.165, 1.54) is 0 Å². The summed E-state index contributed by atoms with van der Waals surface area (Å²) in [5.74, 6) is 0.357. The Balaban J connectivity index is 3.10. The van der Waals surface area contributed by atoms with Crippen LogP contribution in [0.25, 0.3) is 0 Å². The third kappa shape index (κ3) is 6.10. The third-order valence-electron chi connectivity index (χ3n) is 6.11. The average molecular weight is 387 g/mol. The number of hydrogen-bond donors (Lipinski definition) is 2. The number of rotatable bonds is 9. The van der Waals surface area contributed by atoms with Crippen LogP contribution >= 0.6 is 0 Å². The van der Waals surface area contributed by atoms with Gasteiger partial charge in [-0.3, -0.25) is 0 Å². The van der Waals surface area contributed by atoms with E-state index in [0.29, 0.717) is 12.8 Å². The van der Waals surface area contributed by atoms with Crippen molar-refractivity contribution in [3.8, 4) is 0 Å². The second kappa shape index (κ2) is 10.1. The summed E-state index contributed by atoms with van der Waals surface area (Å²) in [7, 11) is 0. The van der Waals surface area contributed by atoms with Crippen LogP contribution in [0.3, 0.4) is 0 Å². The molecule has 0 saturated heterocycles. The summed E-state index contributed by atoms with van der Waals surface area (Å²) < 4.78 is -0.0549. The molecule has 0 bridgehead atoms. The summed E-state index contributed by atoms with van der Waals surface area (Å²) in [6.07, 6.45) is 8.24. The quantitative estimate of drug-likeness (QED) is 0.569. The second-order valence-electron chi connectivity index (χ2n) is 8.19. The summed E-state index contributed by atoms with van der Waals surface area (Å²) in [4.78, 5) is 24.7. The Bertz CT molecular complexity index is 449. The molecule has 1 saturated carbocycles. The van der Waals surface area contributed by atoms with Gasteiger partial charge >= 0.3 is 161 Å². The molecule has 0 aliphatic heterocycles. The Labute approximate surface area is 161 Å². The third-order valence-corrected chi connectivity index (χ3v) is 9.89. The molecule has 5 heteroatoms. The summed E-state index contributed by atoms with van der Waals surface area (Å²) in [5.41, 5.74) is 0.228. The SMILES string of the molecule is CCCC(=O)NC1CC(CC)(CC)C[C](NC(=O)CCC)([Ti]([CH3])[CH3])C1. The van der Waals surface area contributed by atoms with Crippen molar-refractivity contribution in [3.63, 3.8) is 0 Å². The molecule has 2 unspecified atom stereocenters. The van der Waals surface area contributed by atoms with Crippen molar-refractivity contribution in [1.29, 1.82) is 0 Å². The van der Waals surface area contributed by atoms with Gasteiger partial charge in [-0.1, -0.05) is 0 Å².